The van der Waals surface area contributed by atoms with Crippen molar-refractivity contribution in [1.29, 1.82) is 0 Å². The zero-order valence-electron chi connectivity index (χ0n) is 10.9. The Hall–Kier alpha value is -0.0300. The summed E-state index contributed by atoms with van der Waals surface area (Å²) in [5, 5.41) is 0. The lowest BCUT2D eigenvalue weighted by atomic mass is 9.93. The van der Waals surface area contributed by atoms with Gasteiger partial charge in [0.1, 0.15) is 0 Å². The minimum absolute atomic E-state index is 0.190. The van der Waals surface area contributed by atoms with Crippen molar-refractivity contribution < 1.29 is 0 Å². The van der Waals surface area contributed by atoms with Gasteiger partial charge in [0, 0.05) is 28.9 Å². The number of nitrogens with two attached hydrogens (primary N) is 1. The number of nitrogens with zero attached hydrogens (tertiary/aromatic N) is 1. The van der Waals surface area contributed by atoms with E-state index in [4.69, 9.17) is 5.73 Å². The Morgan fingerprint density at radius 3 is 2.67 bits per heavy atom. The second-order valence-electron chi connectivity index (χ2n) is 5.07. The molecule has 0 amide bonds. The van der Waals surface area contributed by atoms with Gasteiger partial charge in [0.2, 0.25) is 0 Å². The number of thioether (sulfide) groups is 1. The first-order valence-electron chi connectivity index (χ1n) is 6.40. The van der Waals surface area contributed by atoms with Crippen LogP contribution in [0.4, 0.5) is 0 Å². The number of likely N-dealkylation sites (N-methyl/N-ethyl adjacent to an activating group) is 1. The first-order valence-corrected chi connectivity index (χ1v) is 8.34. The van der Waals surface area contributed by atoms with Gasteiger partial charge in [-0.2, -0.15) is 11.8 Å². The van der Waals surface area contributed by atoms with Gasteiger partial charge in [0.05, 0.1) is 0 Å². The van der Waals surface area contributed by atoms with Crippen LogP contribution in [-0.2, 0) is 6.54 Å². The maximum Gasteiger partial charge on any atom is 0.0422 e. The average Bonchev–Trinajstić information content (AvgIpc) is 2.42. The second-order valence-corrected chi connectivity index (χ2v) is 7.09. The van der Waals surface area contributed by atoms with E-state index in [1.54, 1.807) is 0 Å². The van der Waals surface area contributed by atoms with Crippen LogP contribution in [-0.4, -0.2) is 35.5 Å². The van der Waals surface area contributed by atoms with Gasteiger partial charge in [-0.1, -0.05) is 28.1 Å². The summed E-state index contributed by atoms with van der Waals surface area (Å²) in [7, 11) is 2.21. The molecule has 1 saturated heterocycles. The van der Waals surface area contributed by atoms with Crippen molar-refractivity contribution in [2.75, 3.05) is 25.1 Å². The van der Waals surface area contributed by atoms with E-state index < -0.39 is 0 Å². The van der Waals surface area contributed by atoms with Crippen LogP contribution < -0.4 is 5.73 Å². The van der Waals surface area contributed by atoms with E-state index in [0.29, 0.717) is 0 Å². The standard InChI is InChI=1S/C14H21BrN2S/c1-17(9-12-3-5-13(15)6-4-12)14(10-16)7-2-8-18-11-14/h3-6H,2,7-11,16H2,1H3. The highest BCUT2D eigenvalue weighted by Gasteiger charge is 2.34. The zero-order chi connectivity index (χ0) is 13.0. The van der Waals surface area contributed by atoms with E-state index in [2.05, 4.69) is 52.1 Å². The predicted molar refractivity (Wildman–Crippen MR) is 84.0 cm³/mol. The Labute approximate surface area is 122 Å². The number of benzene rings is 1. The van der Waals surface area contributed by atoms with Gasteiger partial charge in [-0.25, -0.2) is 0 Å². The monoisotopic (exact) mass is 328 g/mol. The van der Waals surface area contributed by atoms with Crippen LogP contribution in [0.3, 0.4) is 0 Å². The molecule has 0 aromatic heterocycles. The van der Waals surface area contributed by atoms with Crippen molar-refractivity contribution in [2.24, 2.45) is 5.73 Å². The second kappa shape index (κ2) is 6.42. The fourth-order valence-electron chi connectivity index (χ4n) is 2.49. The molecule has 0 radical (unpaired) electrons. The van der Waals surface area contributed by atoms with Crippen LogP contribution >= 0.6 is 27.7 Å². The molecule has 2 nitrogen and oxygen atoms in total. The van der Waals surface area contributed by atoms with Gasteiger partial charge in [-0.3, -0.25) is 4.90 Å². The molecule has 0 aliphatic carbocycles. The van der Waals surface area contributed by atoms with Crippen LogP contribution in [0.15, 0.2) is 28.7 Å². The fourth-order valence-corrected chi connectivity index (χ4v) is 4.11. The van der Waals surface area contributed by atoms with Crippen LogP contribution in [0.5, 0.6) is 0 Å². The van der Waals surface area contributed by atoms with E-state index in [0.717, 1.165) is 23.3 Å². The van der Waals surface area contributed by atoms with E-state index >= 15 is 0 Å². The van der Waals surface area contributed by atoms with Crippen LogP contribution in [0.25, 0.3) is 0 Å². The Balaban J connectivity index is 2.05. The lowest BCUT2D eigenvalue weighted by Crippen LogP contribution is -2.55. The highest BCUT2D eigenvalue weighted by molar-refractivity contribution is 9.10. The van der Waals surface area contributed by atoms with E-state index in [-0.39, 0.29) is 5.54 Å². The van der Waals surface area contributed by atoms with Gasteiger partial charge in [-0.15, -0.1) is 0 Å². The molecule has 1 aliphatic heterocycles. The van der Waals surface area contributed by atoms with Gasteiger partial charge in [0.25, 0.3) is 0 Å². The fraction of sp³-hybridized carbons (Fsp3) is 0.571. The topological polar surface area (TPSA) is 29.3 Å². The molecular formula is C14H21BrN2S. The third kappa shape index (κ3) is 3.29. The molecule has 100 valence electrons. The summed E-state index contributed by atoms with van der Waals surface area (Å²) < 4.78 is 1.13. The largest absolute Gasteiger partial charge is 0.329 e. The molecule has 0 spiro atoms. The van der Waals surface area contributed by atoms with Crippen molar-refractivity contribution in [3.8, 4) is 0 Å². The van der Waals surface area contributed by atoms with Crippen molar-refractivity contribution in [1.82, 2.24) is 4.90 Å². The molecule has 1 aromatic rings. The molecule has 1 aliphatic rings. The molecule has 18 heavy (non-hydrogen) atoms. The third-order valence-corrected chi connectivity index (χ3v) is 5.67. The molecule has 1 unspecified atom stereocenters. The molecule has 2 rings (SSSR count). The summed E-state index contributed by atoms with van der Waals surface area (Å²) in [6, 6.07) is 8.57. The highest BCUT2D eigenvalue weighted by Crippen LogP contribution is 2.31. The minimum Gasteiger partial charge on any atom is -0.329 e. The van der Waals surface area contributed by atoms with Crippen molar-refractivity contribution in [3.05, 3.63) is 34.3 Å². The zero-order valence-corrected chi connectivity index (χ0v) is 13.3. The Morgan fingerprint density at radius 2 is 2.11 bits per heavy atom. The Kier molecular flexibility index (Phi) is 5.13. The van der Waals surface area contributed by atoms with Gasteiger partial charge < -0.3 is 5.73 Å². The first kappa shape index (κ1) is 14.4. The molecule has 4 heteroatoms. The maximum atomic E-state index is 6.05. The molecule has 1 fully saturated rings. The lowest BCUT2D eigenvalue weighted by Gasteiger charge is -2.43. The molecule has 0 bridgehead atoms. The summed E-state index contributed by atoms with van der Waals surface area (Å²) in [5.74, 6) is 2.45. The molecule has 0 saturated carbocycles. The van der Waals surface area contributed by atoms with Crippen molar-refractivity contribution in [3.63, 3.8) is 0 Å². The third-order valence-electron chi connectivity index (χ3n) is 3.82. The lowest BCUT2D eigenvalue weighted by molar-refractivity contribution is 0.127. The van der Waals surface area contributed by atoms with Crippen LogP contribution in [0.1, 0.15) is 18.4 Å². The molecule has 2 N–H and O–H groups in total. The minimum atomic E-state index is 0.190. The van der Waals surface area contributed by atoms with Gasteiger partial charge in [-0.05, 0) is 43.3 Å². The number of hydrogen-bond donors (Lipinski definition) is 1. The maximum absolute atomic E-state index is 6.05. The summed E-state index contributed by atoms with van der Waals surface area (Å²) in [6.07, 6.45) is 2.51. The van der Waals surface area contributed by atoms with Gasteiger partial charge >= 0.3 is 0 Å². The molecule has 1 atom stereocenters. The Bertz CT molecular complexity index is 374. The van der Waals surface area contributed by atoms with E-state index in [9.17, 15) is 0 Å². The predicted octanol–water partition coefficient (Wildman–Crippen LogP) is 3.11. The van der Waals surface area contributed by atoms with Crippen molar-refractivity contribution >= 4 is 27.7 Å². The van der Waals surface area contributed by atoms with E-state index in [1.165, 1.54) is 24.2 Å². The summed E-state index contributed by atoms with van der Waals surface area (Å²) in [4.78, 5) is 2.45. The van der Waals surface area contributed by atoms with Gasteiger partial charge in [0.15, 0.2) is 0 Å². The van der Waals surface area contributed by atoms with E-state index in [1.807, 2.05) is 11.8 Å². The number of rotatable bonds is 4. The Morgan fingerprint density at radius 1 is 1.39 bits per heavy atom. The molecule has 1 heterocycles. The summed E-state index contributed by atoms with van der Waals surface area (Å²) in [6.45, 7) is 1.73. The van der Waals surface area contributed by atoms with Crippen LogP contribution in [0.2, 0.25) is 0 Å². The summed E-state index contributed by atoms with van der Waals surface area (Å²) >= 11 is 5.51. The van der Waals surface area contributed by atoms with Crippen molar-refractivity contribution in [2.45, 2.75) is 24.9 Å². The highest BCUT2D eigenvalue weighted by atomic mass is 79.9. The average molecular weight is 329 g/mol. The first-order chi connectivity index (χ1) is 8.66. The SMILES string of the molecule is CN(Cc1ccc(Br)cc1)C1(CN)CCCSC1. The summed E-state index contributed by atoms with van der Waals surface area (Å²) in [5.41, 5.74) is 7.60. The smallest absolute Gasteiger partial charge is 0.0422 e. The molecular weight excluding hydrogens is 308 g/mol. The number of hydrogen-bond acceptors (Lipinski definition) is 3. The quantitative estimate of drug-likeness (QED) is 0.920. The molecule has 1 aromatic carbocycles. The number of halogens is 1. The van der Waals surface area contributed by atoms with Crippen LogP contribution in [0, 0.1) is 0 Å². The normalized spacial score (nSPS) is 24.4.